The molecule has 88 valence electrons. The molecule has 0 bridgehead atoms. The molecule has 1 aromatic heterocycles. The summed E-state index contributed by atoms with van der Waals surface area (Å²) in [6.45, 7) is 0.455. The van der Waals surface area contributed by atoms with Crippen LogP contribution in [-0.2, 0) is 6.54 Å². The molecule has 1 heterocycles. The maximum atomic E-state index is 9.80. The predicted octanol–water partition coefficient (Wildman–Crippen LogP) is 4.13. The third-order valence-corrected chi connectivity index (χ3v) is 3.18. The van der Waals surface area contributed by atoms with Gasteiger partial charge >= 0.3 is 0 Å². The third-order valence-electron chi connectivity index (χ3n) is 2.12. The number of hydrogen-bond acceptors (Lipinski definition) is 3. The summed E-state index contributed by atoms with van der Waals surface area (Å²) >= 11 is 6.62. The topological polar surface area (TPSA) is 45.7 Å². The Morgan fingerprint density at radius 3 is 2.88 bits per heavy atom. The molecule has 0 aliphatic carbocycles. The van der Waals surface area contributed by atoms with Gasteiger partial charge < -0.3 is 9.52 Å². The van der Waals surface area contributed by atoms with Crippen molar-refractivity contribution < 1.29 is 9.52 Å². The molecule has 17 heavy (non-hydrogen) atoms. The molecule has 3 nitrogen and oxygen atoms in total. The highest BCUT2D eigenvalue weighted by atomic mass is 79.9. The highest BCUT2D eigenvalue weighted by molar-refractivity contribution is 9.11. The van der Waals surface area contributed by atoms with E-state index < -0.39 is 0 Å². The van der Waals surface area contributed by atoms with Gasteiger partial charge in [0.1, 0.15) is 11.5 Å². The Kier molecular flexibility index (Phi) is 4.02. The molecule has 0 atom stereocenters. The second-order valence-corrected chi connectivity index (χ2v) is 5.14. The lowest BCUT2D eigenvalue weighted by Gasteiger charge is -2.02. The van der Waals surface area contributed by atoms with Gasteiger partial charge in [-0.1, -0.05) is 15.9 Å². The van der Waals surface area contributed by atoms with E-state index in [9.17, 15) is 5.11 Å². The molecule has 5 heteroatoms. The molecule has 0 unspecified atom stereocenters. The molecule has 2 aromatic rings. The summed E-state index contributed by atoms with van der Waals surface area (Å²) in [4.78, 5) is 4.21. The number of phenolic OH excluding ortho intramolecular Hbond substituents is 1. The number of rotatable bonds is 3. The molecule has 2 rings (SSSR count). The molecule has 0 saturated heterocycles. The van der Waals surface area contributed by atoms with E-state index in [4.69, 9.17) is 4.42 Å². The van der Waals surface area contributed by atoms with Crippen molar-refractivity contribution in [3.63, 3.8) is 0 Å². The van der Waals surface area contributed by atoms with Crippen LogP contribution in [0.1, 0.15) is 11.3 Å². The van der Waals surface area contributed by atoms with Gasteiger partial charge in [-0.05, 0) is 40.2 Å². The first kappa shape index (κ1) is 12.4. The molecule has 0 saturated carbocycles. The average Bonchev–Trinajstić information content (AvgIpc) is 2.78. The Bertz CT molecular complexity index is 536. The fraction of sp³-hybridized carbons (Fsp3) is 0.0833. The van der Waals surface area contributed by atoms with Crippen LogP contribution in [0.25, 0.3) is 0 Å². The third kappa shape index (κ3) is 3.20. The number of nitrogens with zero attached hydrogens (tertiary/aromatic N) is 1. The van der Waals surface area contributed by atoms with Crippen LogP contribution in [0.2, 0.25) is 0 Å². The smallest absolute Gasteiger partial charge is 0.138 e. The molecule has 1 N–H and O–H groups in total. The largest absolute Gasteiger partial charge is 0.506 e. The van der Waals surface area contributed by atoms with Crippen LogP contribution in [0.15, 0.2) is 48.9 Å². The van der Waals surface area contributed by atoms with E-state index in [2.05, 4.69) is 36.9 Å². The number of halogens is 2. The zero-order chi connectivity index (χ0) is 12.3. The van der Waals surface area contributed by atoms with E-state index in [1.807, 2.05) is 12.1 Å². The van der Waals surface area contributed by atoms with Crippen molar-refractivity contribution in [2.24, 2.45) is 4.99 Å². The monoisotopic (exact) mass is 357 g/mol. The van der Waals surface area contributed by atoms with Gasteiger partial charge in [-0.15, -0.1) is 0 Å². The standard InChI is InChI=1S/C12H9Br2NO2/c13-9-4-8(12(16)11(14)5-9)6-15-7-10-2-1-3-17-10/h1-6,16H,7H2. The second kappa shape index (κ2) is 5.51. The van der Waals surface area contributed by atoms with Crippen molar-refractivity contribution in [1.29, 1.82) is 0 Å². The first-order valence-electron chi connectivity index (χ1n) is 4.87. The molecule has 0 aliphatic heterocycles. The van der Waals surface area contributed by atoms with E-state index in [-0.39, 0.29) is 5.75 Å². The van der Waals surface area contributed by atoms with Gasteiger partial charge in [0.25, 0.3) is 0 Å². The second-order valence-electron chi connectivity index (χ2n) is 3.37. The summed E-state index contributed by atoms with van der Waals surface area (Å²) in [5.41, 5.74) is 0.651. The first-order valence-corrected chi connectivity index (χ1v) is 6.45. The summed E-state index contributed by atoms with van der Waals surface area (Å²) in [5.74, 6) is 0.964. The van der Waals surface area contributed by atoms with Gasteiger partial charge in [-0.25, -0.2) is 0 Å². The van der Waals surface area contributed by atoms with Crippen LogP contribution in [0.5, 0.6) is 5.75 Å². The van der Waals surface area contributed by atoms with E-state index in [1.54, 1.807) is 24.6 Å². The molecule has 0 amide bonds. The molecule has 0 aliphatic rings. The Labute approximate surface area is 115 Å². The normalized spacial score (nSPS) is 11.2. The van der Waals surface area contributed by atoms with Crippen molar-refractivity contribution in [2.75, 3.05) is 0 Å². The van der Waals surface area contributed by atoms with Crippen LogP contribution >= 0.6 is 31.9 Å². The number of hydrogen-bond donors (Lipinski definition) is 1. The van der Waals surface area contributed by atoms with Crippen LogP contribution in [-0.4, -0.2) is 11.3 Å². The predicted molar refractivity (Wildman–Crippen MR) is 73.5 cm³/mol. The van der Waals surface area contributed by atoms with Crippen molar-refractivity contribution >= 4 is 38.1 Å². The number of benzene rings is 1. The zero-order valence-corrected chi connectivity index (χ0v) is 11.9. The lowest BCUT2D eigenvalue weighted by molar-refractivity contribution is 0.471. The molecule has 1 aromatic carbocycles. The molecule has 0 fully saturated rings. The highest BCUT2D eigenvalue weighted by Gasteiger charge is 2.05. The first-order chi connectivity index (χ1) is 8.16. The van der Waals surface area contributed by atoms with Crippen LogP contribution in [0.4, 0.5) is 0 Å². The maximum Gasteiger partial charge on any atom is 0.138 e. The molecule has 0 radical (unpaired) electrons. The lowest BCUT2D eigenvalue weighted by atomic mass is 10.2. The van der Waals surface area contributed by atoms with Gasteiger partial charge in [0, 0.05) is 16.3 Å². The quantitative estimate of drug-likeness (QED) is 0.838. The Hall–Kier alpha value is -1.07. The van der Waals surface area contributed by atoms with Crippen LogP contribution in [0.3, 0.4) is 0 Å². The Morgan fingerprint density at radius 1 is 1.35 bits per heavy atom. The summed E-state index contributed by atoms with van der Waals surface area (Å²) in [5, 5.41) is 9.80. The maximum absolute atomic E-state index is 9.80. The number of phenols is 1. The van der Waals surface area contributed by atoms with Crippen molar-refractivity contribution in [3.8, 4) is 5.75 Å². The number of aliphatic imine (C=N–C) groups is 1. The van der Waals surface area contributed by atoms with Crippen molar-refractivity contribution in [3.05, 3.63) is 50.8 Å². The van der Waals surface area contributed by atoms with E-state index in [0.29, 0.717) is 16.6 Å². The molecule has 0 spiro atoms. The van der Waals surface area contributed by atoms with E-state index in [0.717, 1.165) is 10.2 Å². The SMILES string of the molecule is Oc1c(Br)cc(Br)cc1C=NCc1ccco1. The highest BCUT2D eigenvalue weighted by Crippen LogP contribution is 2.30. The van der Waals surface area contributed by atoms with Crippen LogP contribution < -0.4 is 0 Å². The van der Waals surface area contributed by atoms with Gasteiger partial charge in [-0.3, -0.25) is 4.99 Å². The molecular weight excluding hydrogens is 350 g/mol. The lowest BCUT2D eigenvalue weighted by Crippen LogP contribution is -1.86. The van der Waals surface area contributed by atoms with E-state index >= 15 is 0 Å². The number of furan rings is 1. The number of aromatic hydroxyl groups is 1. The Balaban J connectivity index is 2.15. The van der Waals surface area contributed by atoms with Crippen molar-refractivity contribution in [2.45, 2.75) is 6.54 Å². The fourth-order valence-corrected chi connectivity index (χ4v) is 2.58. The minimum absolute atomic E-state index is 0.177. The van der Waals surface area contributed by atoms with Gasteiger partial charge in [0.15, 0.2) is 0 Å². The fourth-order valence-electron chi connectivity index (χ4n) is 1.32. The average molecular weight is 359 g/mol. The van der Waals surface area contributed by atoms with Gasteiger partial charge in [-0.2, -0.15) is 0 Å². The summed E-state index contributed by atoms with van der Waals surface area (Å²) in [6, 6.07) is 7.25. The van der Waals surface area contributed by atoms with Crippen molar-refractivity contribution in [1.82, 2.24) is 0 Å². The summed E-state index contributed by atoms with van der Waals surface area (Å²) in [7, 11) is 0. The Morgan fingerprint density at radius 2 is 2.18 bits per heavy atom. The van der Waals surface area contributed by atoms with Gasteiger partial charge in [0.05, 0.1) is 17.3 Å². The summed E-state index contributed by atoms with van der Waals surface area (Å²) < 4.78 is 6.66. The minimum Gasteiger partial charge on any atom is -0.506 e. The summed E-state index contributed by atoms with van der Waals surface area (Å²) in [6.07, 6.45) is 3.23. The van der Waals surface area contributed by atoms with Gasteiger partial charge in [0.2, 0.25) is 0 Å². The zero-order valence-electron chi connectivity index (χ0n) is 8.73. The van der Waals surface area contributed by atoms with Crippen LogP contribution in [0, 0.1) is 0 Å². The van der Waals surface area contributed by atoms with E-state index in [1.165, 1.54) is 0 Å². The minimum atomic E-state index is 0.177. The molecular formula is C12H9Br2NO2.